The third-order valence-electron chi connectivity index (χ3n) is 4.29. The van der Waals surface area contributed by atoms with E-state index in [1.807, 2.05) is 39.0 Å². The van der Waals surface area contributed by atoms with Crippen LogP contribution in [0.1, 0.15) is 18.1 Å². The molecule has 0 radical (unpaired) electrons. The maximum Gasteiger partial charge on any atom is 0.238 e. The largest absolute Gasteiger partial charge is 0.325 e. The van der Waals surface area contributed by atoms with E-state index in [0.717, 1.165) is 16.8 Å². The predicted octanol–water partition coefficient (Wildman–Crippen LogP) is 4.51. The van der Waals surface area contributed by atoms with Crippen molar-refractivity contribution in [3.05, 3.63) is 57.6 Å². The van der Waals surface area contributed by atoms with Crippen LogP contribution >= 0.6 is 23.2 Å². The molecule has 2 aromatic carbocycles. The fourth-order valence-electron chi connectivity index (χ4n) is 2.56. The van der Waals surface area contributed by atoms with Gasteiger partial charge >= 0.3 is 0 Å². The van der Waals surface area contributed by atoms with E-state index >= 15 is 0 Å². The van der Waals surface area contributed by atoms with E-state index in [0.29, 0.717) is 22.3 Å². The zero-order chi connectivity index (χ0) is 20.0. The summed E-state index contributed by atoms with van der Waals surface area (Å²) in [6.07, 6.45) is 0. The maximum atomic E-state index is 12.4. The molecule has 0 heterocycles. The van der Waals surface area contributed by atoms with Crippen LogP contribution in [0.4, 0.5) is 11.4 Å². The SMILES string of the molecule is CCN(CC(=O)Nc1cccc(C)c1C)CC(=O)Nc1c(Cl)cccc1Cl. The van der Waals surface area contributed by atoms with E-state index in [9.17, 15) is 9.59 Å². The predicted molar refractivity (Wildman–Crippen MR) is 112 cm³/mol. The molecule has 27 heavy (non-hydrogen) atoms. The van der Waals surface area contributed by atoms with Gasteiger partial charge in [0.25, 0.3) is 0 Å². The normalized spacial score (nSPS) is 10.7. The maximum absolute atomic E-state index is 12.4. The van der Waals surface area contributed by atoms with Gasteiger partial charge in [-0.3, -0.25) is 14.5 Å². The third-order valence-corrected chi connectivity index (χ3v) is 4.92. The molecule has 0 bridgehead atoms. The number of halogens is 2. The lowest BCUT2D eigenvalue weighted by Gasteiger charge is -2.20. The van der Waals surface area contributed by atoms with E-state index in [2.05, 4.69) is 10.6 Å². The zero-order valence-electron chi connectivity index (χ0n) is 15.6. The number of benzene rings is 2. The number of amides is 2. The van der Waals surface area contributed by atoms with E-state index < -0.39 is 0 Å². The van der Waals surface area contributed by atoms with E-state index in [1.54, 1.807) is 23.1 Å². The molecule has 0 aromatic heterocycles. The van der Waals surface area contributed by atoms with Crippen molar-refractivity contribution < 1.29 is 9.59 Å². The minimum absolute atomic E-state index is 0.0538. The van der Waals surface area contributed by atoms with Gasteiger partial charge in [-0.15, -0.1) is 0 Å². The Balaban J connectivity index is 1.95. The zero-order valence-corrected chi connectivity index (χ0v) is 17.1. The summed E-state index contributed by atoms with van der Waals surface area (Å²) in [5, 5.41) is 6.34. The number of aryl methyl sites for hydroxylation is 1. The van der Waals surface area contributed by atoms with Crippen LogP contribution in [0.5, 0.6) is 0 Å². The molecule has 0 saturated carbocycles. The molecule has 5 nitrogen and oxygen atoms in total. The van der Waals surface area contributed by atoms with E-state index in [4.69, 9.17) is 23.2 Å². The van der Waals surface area contributed by atoms with Crippen molar-refractivity contribution in [2.45, 2.75) is 20.8 Å². The molecule has 0 fully saturated rings. The van der Waals surface area contributed by atoms with Crippen LogP contribution in [0.25, 0.3) is 0 Å². The highest BCUT2D eigenvalue weighted by molar-refractivity contribution is 6.39. The molecule has 2 aromatic rings. The summed E-state index contributed by atoms with van der Waals surface area (Å²) in [5.41, 5.74) is 3.29. The van der Waals surface area contributed by atoms with Gasteiger partial charge in [-0.2, -0.15) is 0 Å². The van der Waals surface area contributed by atoms with Gasteiger partial charge in [0.1, 0.15) is 0 Å². The Hall–Kier alpha value is -2.08. The first-order valence-corrected chi connectivity index (χ1v) is 9.39. The van der Waals surface area contributed by atoms with Crippen LogP contribution in [-0.4, -0.2) is 36.3 Å². The highest BCUT2D eigenvalue weighted by atomic mass is 35.5. The van der Waals surface area contributed by atoms with Gasteiger partial charge in [-0.05, 0) is 49.7 Å². The summed E-state index contributed by atoms with van der Waals surface area (Å²) in [5.74, 6) is -0.458. The Morgan fingerprint density at radius 2 is 1.48 bits per heavy atom. The van der Waals surface area contributed by atoms with Gasteiger partial charge in [0.15, 0.2) is 0 Å². The highest BCUT2D eigenvalue weighted by Gasteiger charge is 2.16. The fourth-order valence-corrected chi connectivity index (χ4v) is 3.05. The molecule has 0 unspecified atom stereocenters. The van der Waals surface area contributed by atoms with Crippen molar-refractivity contribution in [1.29, 1.82) is 0 Å². The van der Waals surface area contributed by atoms with Gasteiger partial charge < -0.3 is 10.6 Å². The number of para-hydroxylation sites is 1. The van der Waals surface area contributed by atoms with Crippen LogP contribution in [-0.2, 0) is 9.59 Å². The monoisotopic (exact) mass is 407 g/mol. The van der Waals surface area contributed by atoms with Crippen LogP contribution in [0.3, 0.4) is 0 Å². The van der Waals surface area contributed by atoms with Crippen LogP contribution in [0.2, 0.25) is 10.0 Å². The molecule has 0 spiro atoms. The van der Waals surface area contributed by atoms with Gasteiger partial charge in [-0.25, -0.2) is 0 Å². The molecule has 0 aliphatic carbocycles. The minimum Gasteiger partial charge on any atom is -0.325 e. The Morgan fingerprint density at radius 3 is 2.07 bits per heavy atom. The molecule has 0 atom stereocenters. The second-order valence-corrected chi connectivity index (χ2v) is 7.06. The van der Waals surface area contributed by atoms with Crippen molar-refractivity contribution in [2.24, 2.45) is 0 Å². The Kier molecular flexibility index (Phi) is 7.66. The van der Waals surface area contributed by atoms with Crippen molar-refractivity contribution >= 4 is 46.4 Å². The summed E-state index contributed by atoms with van der Waals surface area (Å²) < 4.78 is 0. The van der Waals surface area contributed by atoms with Crippen LogP contribution in [0, 0.1) is 13.8 Å². The lowest BCUT2D eigenvalue weighted by molar-refractivity contribution is -0.119. The topological polar surface area (TPSA) is 61.4 Å². The molecular weight excluding hydrogens is 385 g/mol. The molecule has 7 heteroatoms. The molecular formula is C20H23Cl2N3O2. The summed E-state index contributed by atoms with van der Waals surface area (Å²) in [6.45, 7) is 6.55. The van der Waals surface area contributed by atoms with Crippen molar-refractivity contribution in [1.82, 2.24) is 4.90 Å². The number of hydrogen-bond donors (Lipinski definition) is 2. The van der Waals surface area contributed by atoms with Crippen molar-refractivity contribution in [3.63, 3.8) is 0 Å². The number of nitrogens with one attached hydrogen (secondary N) is 2. The smallest absolute Gasteiger partial charge is 0.238 e. The lowest BCUT2D eigenvalue weighted by atomic mass is 10.1. The molecule has 2 N–H and O–H groups in total. The van der Waals surface area contributed by atoms with Crippen molar-refractivity contribution in [2.75, 3.05) is 30.3 Å². The highest BCUT2D eigenvalue weighted by Crippen LogP contribution is 2.29. The van der Waals surface area contributed by atoms with Crippen molar-refractivity contribution in [3.8, 4) is 0 Å². The van der Waals surface area contributed by atoms with Gasteiger partial charge in [0.2, 0.25) is 11.8 Å². The van der Waals surface area contributed by atoms with E-state index in [-0.39, 0.29) is 24.9 Å². The summed E-state index contributed by atoms with van der Waals surface area (Å²) in [6, 6.07) is 10.8. The minimum atomic E-state index is -0.286. The van der Waals surface area contributed by atoms with Crippen LogP contribution in [0.15, 0.2) is 36.4 Å². The second kappa shape index (κ2) is 9.74. The number of nitrogens with zero attached hydrogens (tertiary/aromatic N) is 1. The van der Waals surface area contributed by atoms with E-state index in [1.165, 1.54) is 0 Å². The number of rotatable bonds is 7. The Bertz CT molecular complexity index is 820. The van der Waals surface area contributed by atoms with Crippen LogP contribution < -0.4 is 10.6 Å². The standard InChI is InChI=1S/C20H23Cl2N3O2/c1-4-25(11-18(26)23-17-10-5-7-13(2)14(17)3)12-19(27)24-20-15(21)8-6-9-16(20)22/h5-10H,4,11-12H2,1-3H3,(H,23,26)(H,24,27). The molecule has 0 saturated heterocycles. The number of anilines is 2. The van der Waals surface area contributed by atoms with Gasteiger partial charge in [-0.1, -0.05) is 48.3 Å². The second-order valence-electron chi connectivity index (χ2n) is 6.24. The summed E-state index contributed by atoms with van der Waals surface area (Å²) in [4.78, 5) is 26.4. The number of hydrogen-bond acceptors (Lipinski definition) is 3. The lowest BCUT2D eigenvalue weighted by Crippen LogP contribution is -2.38. The Labute approximate surface area is 169 Å². The average Bonchev–Trinajstić information content (AvgIpc) is 2.61. The average molecular weight is 408 g/mol. The number of carbonyl (C=O) groups excluding carboxylic acids is 2. The summed E-state index contributed by atoms with van der Waals surface area (Å²) >= 11 is 12.1. The van der Waals surface area contributed by atoms with Gasteiger partial charge in [0, 0.05) is 5.69 Å². The third kappa shape index (κ3) is 5.96. The number of carbonyl (C=O) groups is 2. The Morgan fingerprint density at radius 1 is 0.926 bits per heavy atom. The summed E-state index contributed by atoms with van der Waals surface area (Å²) in [7, 11) is 0. The quantitative estimate of drug-likeness (QED) is 0.709. The molecule has 0 aliphatic heterocycles. The number of likely N-dealkylation sites (N-methyl/N-ethyl adjacent to an activating group) is 1. The molecule has 144 valence electrons. The molecule has 0 aliphatic rings. The molecule has 2 amide bonds. The first-order valence-electron chi connectivity index (χ1n) is 8.64. The molecule has 2 rings (SSSR count). The first-order chi connectivity index (χ1) is 12.8. The first kappa shape index (κ1) is 21.2. The fraction of sp³-hybridized carbons (Fsp3) is 0.300. The van der Waals surface area contributed by atoms with Gasteiger partial charge in [0.05, 0.1) is 28.8 Å².